The Bertz CT molecular complexity index is 260. The van der Waals surface area contributed by atoms with Crippen LogP contribution in [-0.4, -0.2) is 35.6 Å². The molecule has 1 unspecified atom stereocenters. The fourth-order valence-electron chi connectivity index (χ4n) is 1.83. The van der Waals surface area contributed by atoms with Crippen LogP contribution in [0.25, 0.3) is 0 Å². The summed E-state index contributed by atoms with van der Waals surface area (Å²) in [5.74, 6) is -0.822. The molecule has 1 heterocycles. The second kappa shape index (κ2) is 5.84. The number of carboxylic acid groups (broad SMARTS) is 1. The zero-order valence-electron chi connectivity index (χ0n) is 9.82. The molecule has 0 aliphatic carbocycles. The highest BCUT2D eigenvalue weighted by atomic mass is 16.4. The second-order valence-corrected chi connectivity index (χ2v) is 4.61. The minimum atomic E-state index is -0.876. The molecule has 5 heteroatoms. The summed E-state index contributed by atoms with van der Waals surface area (Å²) in [6, 6.07) is -0.428. The Morgan fingerprint density at radius 1 is 1.50 bits per heavy atom. The first-order chi connectivity index (χ1) is 7.50. The van der Waals surface area contributed by atoms with Crippen molar-refractivity contribution in [1.29, 1.82) is 0 Å². The van der Waals surface area contributed by atoms with Crippen molar-refractivity contribution in [2.45, 2.75) is 45.2 Å². The SMILES string of the molecule is CC(C)C(CC(=O)O)NC(=O)[C@H]1CCCN1. The quantitative estimate of drug-likeness (QED) is 0.634. The Balaban J connectivity index is 2.46. The van der Waals surface area contributed by atoms with Gasteiger partial charge in [-0.2, -0.15) is 0 Å². The first-order valence-electron chi connectivity index (χ1n) is 5.76. The van der Waals surface area contributed by atoms with Crippen molar-refractivity contribution in [3.8, 4) is 0 Å². The van der Waals surface area contributed by atoms with Crippen molar-refractivity contribution in [2.75, 3.05) is 6.54 Å². The van der Waals surface area contributed by atoms with Gasteiger partial charge in [0.2, 0.25) is 5.91 Å². The van der Waals surface area contributed by atoms with Crippen molar-refractivity contribution in [1.82, 2.24) is 10.6 Å². The Morgan fingerprint density at radius 2 is 2.19 bits per heavy atom. The summed E-state index contributed by atoms with van der Waals surface area (Å²) in [5.41, 5.74) is 0. The van der Waals surface area contributed by atoms with Crippen LogP contribution in [0.4, 0.5) is 0 Å². The lowest BCUT2D eigenvalue weighted by molar-refractivity contribution is -0.138. The molecule has 0 aromatic rings. The van der Waals surface area contributed by atoms with Crippen LogP contribution in [0.2, 0.25) is 0 Å². The normalized spacial score (nSPS) is 22.1. The third-order valence-corrected chi connectivity index (χ3v) is 2.90. The van der Waals surface area contributed by atoms with Crippen LogP contribution in [0.5, 0.6) is 0 Å². The zero-order chi connectivity index (χ0) is 12.1. The van der Waals surface area contributed by atoms with Gasteiger partial charge in [0.15, 0.2) is 0 Å². The first kappa shape index (κ1) is 13.0. The largest absolute Gasteiger partial charge is 0.481 e. The molecule has 1 rings (SSSR count). The number of hydrogen-bond donors (Lipinski definition) is 3. The molecule has 0 radical (unpaired) electrons. The highest BCUT2D eigenvalue weighted by Gasteiger charge is 2.26. The second-order valence-electron chi connectivity index (χ2n) is 4.61. The minimum Gasteiger partial charge on any atom is -0.481 e. The number of aliphatic carboxylic acids is 1. The summed E-state index contributed by atoms with van der Waals surface area (Å²) in [4.78, 5) is 22.4. The molecule has 1 fully saturated rings. The van der Waals surface area contributed by atoms with Crippen LogP contribution in [-0.2, 0) is 9.59 Å². The molecule has 0 bridgehead atoms. The van der Waals surface area contributed by atoms with Gasteiger partial charge in [-0.05, 0) is 25.3 Å². The molecule has 1 aliphatic heterocycles. The molecule has 16 heavy (non-hydrogen) atoms. The molecule has 1 amide bonds. The molecule has 3 N–H and O–H groups in total. The van der Waals surface area contributed by atoms with Crippen molar-refractivity contribution < 1.29 is 14.7 Å². The minimum absolute atomic E-state index is 0.0177. The maximum absolute atomic E-state index is 11.8. The molecular formula is C11H20N2O3. The monoisotopic (exact) mass is 228 g/mol. The van der Waals surface area contributed by atoms with E-state index in [1.165, 1.54) is 0 Å². The summed E-state index contributed by atoms with van der Waals surface area (Å²) < 4.78 is 0. The molecule has 2 atom stereocenters. The number of nitrogens with one attached hydrogen (secondary N) is 2. The number of rotatable bonds is 5. The van der Waals surface area contributed by atoms with Gasteiger partial charge in [-0.1, -0.05) is 13.8 Å². The van der Waals surface area contributed by atoms with E-state index in [-0.39, 0.29) is 30.3 Å². The van der Waals surface area contributed by atoms with Gasteiger partial charge in [0.25, 0.3) is 0 Å². The lowest BCUT2D eigenvalue weighted by atomic mass is 10.0. The van der Waals surface area contributed by atoms with Crippen molar-refractivity contribution in [3.05, 3.63) is 0 Å². The number of amides is 1. The highest BCUT2D eigenvalue weighted by Crippen LogP contribution is 2.09. The average Bonchev–Trinajstić information content (AvgIpc) is 2.68. The van der Waals surface area contributed by atoms with E-state index < -0.39 is 5.97 Å². The summed E-state index contributed by atoms with van der Waals surface area (Å²) in [5, 5.41) is 14.6. The molecule has 0 saturated carbocycles. The predicted molar refractivity (Wildman–Crippen MR) is 60.0 cm³/mol. The van der Waals surface area contributed by atoms with E-state index in [1.807, 2.05) is 13.8 Å². The Labute approximate surface area is 95.6 Å². The number of carbonyl (C=O) groups excluding carboxylic acids is 1. The van der Waals surface area contributed by atoms with E-state index in [0.717, 1.165) is 19.4 Å². The van der Waals surface area contributed by atoms with E-state index in [1.54, 1.807) is 0 Å². The number of hydrogen-bond acceptors (Lipinski definition) is 3. The van der Waals surface area contributed by atoms with E-state index >= 15 is 0 Å². The fourth-order valence-corrected chi connectivity index (χ4v) is 1.83. The average molecular weight is 228 g/mol. The smallest absolute Gasteiger partial charge is 0.305 e. The van der Waals surface area contributed by atoms with Gasteiger partial charge in [-0.3, -0.25) is 9.59 Å². The molecule has 1 aliphatic rings. The maximum atomic E-state index is 11.8. The highest BCUT2D eigenvalue weighted by molar-refractivity contribution is 5.82. The van der Waals surface area contributed by atoms with Crippen LogP contribution in [0.3, 0.4) is 0 Å². The van der Waals surface area contributed by atoms with Crippen LogP contribution in [0, 0.1) is 5.92 Å². The summed E-state index contributed by atoms with van der Waals surface area (Å²) in [6.45, 7) is 4.69. The van der Waals surface area contributed by atoms with Gasteiger partial charge < -0.3 is 15.7 Å². The van der Waals surface area contributed by atoms with E-state index in [4.69, 9.17) is 5.11 Å². The summed E-state index contributed by atoms with van der Waals surface area (Å²) in [7, 11) is 0. The molecular weight excluding hydrogens is 208 g/mol. The third-order valence-electron chi connectivity index (χ3n) is 2.90. The van der Waals surface area contributed by atoms with Crippen LogP contribution >= 0.6 is 0 Å². The summed E-state index contributed by atoms with van der Waals surface area (Å²) in [6.07, 6.45) is 1.82. The van der Waals surface area contributed by atoms with Crippen LogP contribution < -0.4 is 10.6 Å². The molecule has 92 valence electrons. The van der Waals surface area contributed by atoms with Crippen molar-refractivity contribution in [2.24, 2.45) is 5.92 Å². The van der Waals surface area contributed by atoms with E-state index in [2.05, 4.69) is 10.6 Å². The maximum Gasteiger partial charge on any atom is 0.305 e. The van der Waals surface area contributed by atoms with Gasteiger partial charge in [-0.15, -0.1) is 0 Å². The third kappa shape index (κ3) is 3.81. The predicted octanol–water partition coefficient (Wildman–Crippen LogP) is 0.354. The number of carboxylic acids is 1. The lowest BCUT2D eigenvalue weighted by Gasteiger charge is -2.22. The summed E-state index contributed by atoms with van der Waals surface area (Å²) >= 11 is 0. The lowest BCUT2D eigenvalue weighted by Crippen LogP contribution is -2.47. The van der Waals surface area contributed by atoms with Gasteiger partial charge in [0, 0.05) is 6.04 Å². The topological polar surface area (TPSA) is 78.4 Å². The molecule has 5 nitrogen and oxygen atoms in total. The van der Waals surface area contributed by atoms with Crippen molar-refractivity contribution in [3.63, 3.8) is 0 Å². The first-order valence-corrected chi connectivity index (χ1v) is 5.76. The van der Waals surface area contributed by atoms with Gasteiger partial charge in [0.05, 0.1) is 12.5 Å². The molecule has 1 saturated heterocycles. The molecule has 0 spiro atoms. The Morgan fingerprint density at radius 3 is 2.62 bits per heavy atom. The van der Waals surface area contributed by atoms with E-state index in [9.17, 15) is 9.59 Å². The van der Waals surface area contributed by atoms with Crippen molar-refractivity contribution >= 4 is 11.9 Å². The van der Waals surface area contributed by atoms with Crippen LogP contribution in [0.15, 0.2) is 0 Å². The van der Waals surface area contributed by atoms with Gasteiger partial charge >= 0.3 is 5.97 Å². The Kier molecular flexibility index (Phi) is 4.73. The van der Waals surface area contributed by atoms with E-state index in [0.29, 0.717) is 0 Å². The fraction of sp³-hybridized carbons (Fsp3) is 0.818. The standard InChI is InChI=1S/C11H20N2O3/c1-7(2)9(6-10(14)15)13-11(16)8-4-3-5-12-8/h7-9,12H,3-6H2,1-2H3,(H,13,16)(H,14,15)/t8-,9?/m1/s1. The van der Waals surface area contributed by atoms with Crippen LogP contribution in [0.1, 0.15) is 33.1 Å². The van der Waals surface area contributed by atoms with Gasteiger partial charge in [-0.25, -0.2) is 0 Å². The Hall–Kier alpha value is -1.10. The van der Waals surface area contributed by atoms with Gasteiger partial charge in [0.1, 0.15) is 0 Å². The molecule has 0 aromatic carbocycles. The molecule has 0 aromatic heterocycles. The number of carbonyl (C=O) groups is 2. The zero-order valence-corrected chi connectivity index (χ0v) is 9.82.